The molecule has 0 saturated heterocycles. The lowest BCUT2D eigenvalue weighted by atomic mass is 10.2. The number of hydrogen-bond donors (Lipinski definition) is 2. The maximum Gasteiger partial charge on any atom is 0.257 e. The second kappa shape index (κ2) is 10.1. The molecule has 0 fully saturated rings. The average molecular weight is 423 g/mol. The van der Waals surface area contributed by atoms with Gasteiger partial charge in [0.25, 0.3) is 5.91 Å². The molecule has 0 radical (unpaired) electrons. The van der Waals surface area contributed by atoms with Gasteiger partial charge in [-0.3, -0.25) is 10.1 Å². The van der Waals surface area contributed by atoms with Crippen LogP contribution in [0.15, 0.2) is 53.0 Å². The summed E-state index contributed by atoms with van der Waals surface area (Å²) in [5, 5.41) is 5.85. The molecule has 0 aliphatic rings. The van der Waals surface area contributed by atoms with E-state index in [1.54, 1.807) is 24.3 Å². The monoisotopic (exact) mass is 422 g/mol. The first-order chi connectivity index (χ1) is 12.1. The van der Waals surface area contributed by atoms with Gasteiger partial charge < -0.3 is 14.8 Å². The van der Waals surface area contributed by atoms with E-state index in [0.29, 0.717) is 31.1 Å². The molecule has 0 saturated carbocycles. The van der Waals surface area contributed by atoms with E-state index >= 15 is 0 Å². The minimum Gasteiger partial charge on any atom is -0.491 e. The van der Waals surface area contributed by atoms with Gasteiger partial charge >= 0.3 is 0 Å². The Morgan fingerprint density at radius 3 is 2.64 bits per heavy atom. The maximum absolute atomic E-state index is 12.3. The van der Waals surface area contributed by atoms with Gasteiger partial charge in [-0.1, -0.05) is 22.0 Å². The lowest BCUT2D eigenvalue weighted by molar-refractivity contribution is 0.0976. The van der Waals surface area contributed by atoms with Gasteiger partial charge in [0, 0.05) is 22.3 Å². The third-order valence-electron chi connectivity index (χ3n) is 3.13. The van der Waals surface area contributed by atoms with Gasteiger partial charge in [0.2, 0.25) is 0 Å². The van der Waals surface area contributed by atoms with Crippen LogP contribution in [-0.2, 0) is 4.74 Å². The van der Waals surface area contributed by atoms with Crippen molar-refractivity contribution in [2.45, 2.75) is 6.92 Å². The SMILES string of the molecule is CCOCCOc1cccc(C(=O)NC(=S)Nc2ccc(Br)cc2)c1. The van der Waals surface area contributed by atoms with Crippen molar-refractivity contribution in [2.24, 2.45) is 0 Å². The van der Waals surface area contributed by atoms with Crippen LogP contribution in [0.2, 0.25) is 0 Å². The number of hydrogen-bond acceptors (Lipinski definition) is 4. The molecule has 5 nitrogen and oxygen atoms in total. The summed E-state index contributed by atoms with van der Waals surface area (Å²) in [5.41, 5.74) is 1.26. The molecule has 0 atom stereocenters. The van der Waals surface area contributed by atoms with Gasteiger partial charge in [-0.05, 0) is 61.6 Å². The number of carbonyl (C=O) groups is 1. The number of ether oxygens (including phenoxy) is 2. The van der Waals surface area contributed by atoms with Gasteiger partial charge in [0.15, 0.2) is 5.11 Å². The van der Waals surface area contributed by atoms with E-state index in [0.717, 1.165) is 10.2 Å². The smallest absolute Gasteiger partial charge is 0.257 e. The Kier molecular flexibility index (Phi) is 7.84. The van der Waals surface area contributed by atoms with Crippen molar-refractivity contribution in [3.05, 3.63) is 58.6 Å². The molecule has 2 N–H and O–H groups in total. The van der Waals surface area contributed by atoms with Crippen LogP contribution in [0, 0.1) is 0 Å². The summed E-state index contributed by atoms with van der Waals surface area (Å²) in [6.07, 6.45) is 0. The number of halogens is 1. The largest absolute Gasteiger partial charge is 0.491 e. The van der Waals surface area contributed by atoms with Crippen LogP contribution in [-0.4, -0.2) is 30.8 Å². The van der Waals surface area contributed by atoms with Crippen LogP contribution in [0.3, 0.4) is 0 Å². The lowest BCUT2D eigenvalue weighted by Gasteiger charge is -2.11. The molecule has 2 rings (SSSR count). The first-order valence-electron chi connectivity index (χ1n) is 7.77. The van der Waals surface area contributed by atoms with Gasteiger partial charge in [-0.15, -0.1) is 0 Å². The van der Waals surface area contributed by atoms with Gasteiger partial charge in [-0.25, -0.2) is 0 Å². The molecule has 0 heterocycles. The van der Waals surface area contributed by atoms with Crippen molar-refractivity contribution in [3.8, 4) is 5.75 Å². The van der Waals surface area contributed by atoms with Crippen LogP contribution >= 0.6 is 28.1 Å². The van der Waals surface area contributed by atoms with Gasteiger partial charge in [0.1, 0.15) is 12.4 Å². The fourth-order valence-electron chi connectivity index (χ4n) is 1.96. The summed E-state index contributed by atoms with van der Waals surface area (Å²) >= 11 is 8.54. The van der Waals surface area contributed by atoms with E-state index in [-0.39, 0.29) is 11.0 Å². The summed E-state index contributed by atoms with van der Waals surface area (Å²) in [6.45, 7) is 3.52. The Morgan fingerprint density at radius 2 is 1.92 bits per heavy atom. The normalized spacial score (nSPS) is 10.2. The van der Waals surface area contributed by atoms with Crippen LogP contribution in [0.25, 0.3) is 0 Å². The predicted octanol–water partition coefficient (Wildman–Crippen LogP) is 3.99. The van der Waals surface area contributed by atoms with Crippen molar-refractivity contribution >= 4 is 44.9 Å². The number of anilines is 1. The Bertz CT molecular complexity index is 723. The number of carbonyl (C=O) groups excluding carboxylic acids is 1. The highest BCUT2D eigenvalue weighted by Crippen LogP contribution is 2.15. The van der Waals surface area contributed by atoms with Crippen molar-refractivity contribution in [2.75, 3.05) is 25.1 Å². The number of benzene rings is 2. The standard InChI is InChI=1S/C18H19BrN2O3S/c1-2-23-10-11-24-16-5-3-4-13(12-16)17(22)21-18(25)20-15-8-6-14(19)7-9-15/h3-9,12H,2,10-11H2,1H3,(H2,20,21,22,25). The fraction of sp³-hybridized carbons (Fsp3) is 0.222. The second-order valence-corrected chi connectivity index (χ2v) is 6.31. The molecule has 0 aromatic heterocycles. The fourth-order valence-corrected chi connectivity index (χ4v) is 2.44. The number of nitrogens with one attached hydrogen (secondary N) is 2. The van der Waals surface area contributed by atoms with Crippen LogP contribution in [0.1, 0.15) is 17.3 Å². The third-order valence-corrected chi connectivity index (χ3v) is 3.86. The van der Waals surface area contributed by atoms with E-state index < -0.39 is 0 Å². The molecule has 2 aromatic rings. The van der Waals surface area contributed by atoms with E-state index in [1.165, 1.54) is 0 Å². The lowest BCUT2D eigenvalue weighted by Crippen LogP contribution is -2.34. The number of thiocarbonyl (C=S) groups is 1. The Labute approximate surface area is 160 Å². The summed E-state index contributed by atoms with van der Waals surface area (Å²) in [6, 6.07) is 14.4. The Hall–Kier alpha value is -1.96. The van der Waals surface area contributed by atoms with Gasteiger partial charge in [-0.2, -0.15) is 0 Å². The van der Waals surface area contributed by atoms with Crippen molar-refractivity contribution < 1.29 is 14.3 Å². The molecule has 0 unspecified atom stereocenters. The first-order valence-corrected chi connectivity index (χ1v) is 8.97. The van der Waals surface area contributed by atoms with Crippen LogP contribution in [0.5, 0.6) is 5.75 Å². The topological polar surface area (TPSA) is 59.6 Å². The molecule has 0 bridgehead atoms. The molecule has 7 heteroatoms. The zero-order valence-electron chi connectivity index (χ0n) is 13.8. The van der Waals surface area contributed by atoms with Crippen molar-refractivity contribution in [1.82, 2.24) is 5.32 Å². The van der Waals surface area contributed by atoms with Crippen LogP contribution in [0.4, 0.5) is 5.69 Å². The molecule has 1 amide bonds. The highest BCUT2D eigenvalue weighted by atomic mass is 79.9. The molecule has 25 heavy (non-hydrogen) atoms. The predicted molar refractivity (Wildman–Crippen MR) is 106 cm³/mol. The molecular formula is C18H19BrN2O3S. The van der Waals surface area contributed by atoms with Crippen molar-refractivity contribution in [3.63, 3.8) is 0 Å². The van der Waals surface area contributed by atoms with Crippen molar-refractivity contribution in [1.29, 1.82) is 0 Å². The zero-order valence-corrected chi connectivity index (χ0v) is 16.2. The van der Waals surface area contributed by atoms with E-state index in [2.05, 4.69) is 26.6 Å². The number of rotatable bonds is 7. The van der Waals surface area contributed by atoms with Crippen LogP contribution < -0.4 is 15.4 Å². The Balaban J connectivity index is 1.89. The van der Waals surface area contributed by atoms with Gasteiger partial charge in [0.05, 0.1) is 6.61 Å². The summed E-state index contributed by atoms with van der Waals surface area (Å²) < 4.78 is 11.7. The minimum atomic E-state index is -0.301. The first kappa shape index (κ1) is 19.4. The van der Waals surface area contributed by atoms with E-state index in [9.17, 15) is 4.79 Å². The Morgan fingerprint density at radius 1 is 1.16 bits per heavy atom. The van der Waals surface area contributed by atoms with E-state index in [1.807, 2.05) is 31.2 Å². The highest BCUT2D eigenvalue weighted by Gasteiger charge is 2.09. The summed E-state index contributed by atoms with van der Waals surface area (Å²) in [4.78, 5) is 12.3. The second-order valence-electron chi connectivity index (χ2n) is 4.99. The molecule has 0 aliphatic heterocycles. The zero-order chi connectivity index (χ0) is 18.1. The quantitative estimate of drug-likeness (QED) is 0.521. The summed E-state index contributed by atoms with van der Waals surface area (Å²) in [7, 11) is 0. The minimum absolute atomic E-state index is 0.231. The molecule has 0 spiro atoms. The molecule has 2 aromatic carbocycles. The molecule has 132 valence electrons. The number of amides is 1. The summed E-state index contributed by atoms with van der Waals surface area (Å²) in [5.74, 6) is 0.309. The maximum atomic E-state index is 12.3. The highest BCUT2D eigenvalue weighted by molar-refractivity contribution is 9.10. The molecular weight excluding hydrogens is 404 g/mol. The van der Waals surface area contributed by atoms with E-state index in [4.69, 9.17) is 21.7 Å². The average Bonchev–Trinajstić information content (AvgIpc) is 2.61. The third kappa shape index (κ3) is 6.81. The molecule has 0 aliphatic carbocycles.